The number of thioether (sulfide) groups is 1. The van der Waals surface area contributed by atoms with Crippen LogP contribution >= 0.6 is 11.8 Å². The third-order valence-electron chi connectivity index (χ3n) is 4.13. The first-order valence-electron chi connectivity index (χ1n) is 8.21. The van der Waals surface area contributed by atoms with Gasteiger partial charge in [0, 0.05) is 18.3 Å². The quantitative estimate of drug-likeness (QED) is 0.741. The highest BCUT2D eigenvalue weighted by molar-refractivity contribution is 7.99. The zero-order valence-corrected chi connectivity index (χ0v) is 14.6. The summed E-state index contributed by atoms with van der Waals surface area (Å²) in [6, 6.07) is 9.97. The Bertz CT molecular complexity index is 396. The summed E-state index contributed by atoms with van der Waals surface area (Å²) in [6.07, 6.45) is 2.48. The van der Waals surface area contributed by atoms with Gasteiger partial charge in [-0.25, -0.2) is 0 Å². The minimum Gasteiger partial charge on any atom is -0.316 e. The molecule has 1 atom stereocenters. The average Bonchev–Trinajstić information content (AvgIpc) is 2.99. The van der Waals surface area contributed by atoms with Crippen LogP contribution in [0.2, 0.25) is 0 Å². The number of hydrogen-bond acceptors (Lipinski definition) is 3. The molecular weight excluding hydrogens is 276 g/mol. The van der Waals surface area contributed by atoms with E-state index in [1.54, 1.807) is 0 Å². The van der Waals surface area contributed by atoms with Crippen molar-refractivity contribution in [3.8, 4) is 0 Å². The second-order valence-electron chi connectivity index (χ2n) is 6.60. The van der Waals surface area contributed by atoms with Crippen LogP contribution in [0.1, 0.15) is 31.4 Å². The molecule has 0 spiro atoms. The lowest BCUT2D eigenvalue weighted by atomic mass is 10.1. The number of hydrogen-bond donors (Lipinski definition) is 1. The van der Waals surface area contributed by atoms with Gasteiger partial charge in [-0.05, 0) is 55.8 Å². The topological polar surface area (TPSA) is 15.3 Å². The lowest BCUT2D eigenvalue weighted by molar-refractivity contribution is 0.254. The zero-order valence-electron chi connectivity index (χ0n) is 13.8. The summed E-state index contributed by atoms with van der Waals surface area (Å²) >= 11 is 2.09. The molecule has 21 heavy (non-hydrogen) atoms. The van der Waals surface area contributed by atoms with Gasteiger partial charge in [0.05, 0.1) is 0 Å². The second-order valence-corrected chi connectivity index (χ2v) is 7.75. The van der Waals surface area contributed by atoms with Gasteiger partial charge in [-0.3, -0.25) is 4.90 Å². The summed E-state index contributed by atoms with van der Waals surface area (Å²) in [5.41, 5.74) is 2.88. The molecule has 0 amide bonds. The van der Waals surface area contributed by atoms with E-state index in [9.17, 15) is 0 Å². The van der Waals surface area contributed by atoms with Crippen molar-refractivity contribution in [3.05, 3.63) is 35.4 Å². The first-order chi connectivity index (χ1) is 10.1. The highest BCUT2D eigenvalue weighted by atomic mass is 32.2. The van der Waals surface area contributed by atoms with Gasteiger partial charge in [0.2, 0.25) is 0 Å². The van der Waals surface area contributed by atoms with E-state index in [-0.39, 0.29) is 0 Å². The summed E-state index contributed by atoms with van der Waals surface area (Å²) in [5.74, 6) is 3.37. The molecule has 1 aliphatic rings. The minimum atomic E-state index is 0.733. The highest BCUT2D eigenvalue weighted by Gasteiger charge is 2.19. The first kappa shape index (κ1) is 16.9. The molecule has 1 unspecified atom stereocenters. The van der Waals surface area contributed by atoms with Gasteiger partial charge in [0.1, 0.15) is 0 Å². The fourth-order valence-corrected chi connectivity index (χ4v) is 4.02. The summed E-state index contributed by atoms with van der Waals surface area (Å²) in [5, 5.41) is 3.51. The molecule has 2 nitrogen and oxygen atoms in total. The molecule has 1 aromatic rings. The number of nitrogens with zero attached hydrogens (tertiary/aromatic N) is 1. The van der Waals surface area contributed by atoms with E-state index in [4.69, 9.17) is 0 Å². The Kier molecular flexibility index (Phi) is 7.08. The Morgan fingerprint density at radius 2 is 1.95 bits per heavy atom. The van der Waals surface area contributed by atoms with Crippen molar-refractivity contribution >= 4 is 11.8 Å². The van der Waals surface area contributed by atoms with Gasteiger partial charge in [0.15, 0.2) is 0 Å². The summed E-state index contributed by atoms with van der Waals surface area (Å²) in [6.45, 7) is 7.78. The van der Waals surface area contributed by atoms with Gasteiger partial charge < -0.3 is 5.32 Å². The van der Waals surface area contributed by atoms with Crippen LogP contribution in [0.5, 0.6) is 0 Å². The lowest BCUT2D eigenvalue weighted by Gasteiger charge is -2.23. The SMILES string of the molecule is CC(C)CNCCc1ccc(CN(C)C2CCSC2)cc1. The molecule has 1 heterocycles. The minimum absolute atomic E-state index is 0.733. The van der Waals surface area contributed by atoms with Gasteiger partial charge in [-0.2, -0.15) is 11.8 Å². The van der Waals surface area contributed by atoms with Crippen LogP contribution in [0.25, 0.3) is 0 Å². The fraction of sp³-hybridized carbons (Fsp3) is 0.667. The smallest absolute Gasteiger partial charge is 0.0233 e. The zero-order chi connectivity index (χ0) is 15.1. The number of nitrogens with one attached hydrogen (secondary N) is 1. The van der Waals surface area contributed by atoms with Crippen molar-refractivity contribution in [2.24, 2.45) is 5.92 Å². The van der Waals surface area contributed by atoms with Crippen LogP contribution in [-0.4, -0.2) is 42.6 Å². The molecule has 1 N–H and O–H groups in total. The average molecular weight is 307 g/mol. The highest BCUT2D eigenvalue weighted by Crippen LogP contribution is 2.22. The summed E-state index contributed by atoms with van der Waals surface area (Å²) < 4.78 is 0. The van der Waals surface area contributed by atoms with Crippen molar-refractivity contribution in [1.29, 1.82) is 0 Å². The molecule has 0 aromatic heterocycles. The molecule has 1 aliphatic heterocycles. The van der Waals surface area contributed by atoms with Crippen LogP contribution < -0.4 is 5.32 Å². The van der Waals surface area contributed by atoms with Crippen LogP contribution in [0, 0.1) is 5.92 Å². The fourth-order valence-electron chi connectivity index (χ4n) is 2.72. The van der Waals surface area contributed by atoms with Crippen molar-refractivity contribution < 1.29 is 0 Å². The maximum Gasteiger partial charge on any atom is 0.0233 e. The van der Waals surface area contributed by atoms with Gasteiger partial charge in [-0.1, -0.05) is 38.1 Å². The molecule has 118 valence electrons. The van der Waals surface area contributed by atoms with Crippen LogP contribution in [0.15, 0.2) is 24.3 Å². The van der Waals surface area contributed by atoms with Crippen LogP contribution in [0.3, 0.4) is 0 Å². The molecule has 0 bridgehead atoms. The van der Waals surface area contributed by atoms with E-state index in [1.165, 1.54) is 29.1 Å². The molecule has 1 saturated heterocycles. The molecular formula is C18H30N2S. The third-order valence-corrected chi connectivity index (χ3v) is 5.27. The van der Waals surface area contributed by atoms with Crippen molar-refractivity contribution in [2.45, 2.75) is 39.3 Å². The Morgan fingerprint density at radius 3 is 2.57 bits per heavy atom. The first-order valence-corrected chi connectivity index (χ1v) is 9.37. The van der Waals surface area contributed by atoms with E-state index in [0.717, 1.165) is 38.0 Å². The molecule has 1 fully saturated rings. The monoisotopic (exact) mass is 306 g/mol. The van der Waals surface area contributed by atoms with E-state index in [1.807, 2.05) is 0 Å². The standard InChI is InChI=1S/C18H30N2S/c1-15(2)12-19-10-8-16-4-6-17(7-5-16)13-20(3)18-9-11-21-14-18/h4-7,15,18-19H,8-14H2,1-3H3. The van der Waals surface area contributed by atoms with Crippen molar-refractivity contribution in [1.82, 2.24) is 10.2 Å². The maximum atomic E-state index is 3.51. The van der Waals surface area contributed by atoms with E-state index >= 15 is 0 Å². The van der Waals surface area contributed by atoms with Crippen molar-refractivity contribution in [2.75, 3.05) is 31.6 Å². The third kappa shape index (κ3) is 6.01. The van der Waals surface area contributed by atoms with E-state index in [2.05, 4.69) is 67.1 Å². The van der Waals surface area contributed by atoms with Crippen molar-refractivity contribution in [3.63, 3.8) is 0 Å². The Hall–Kier alpha value is -0.510. The van der Waals surface area contributed by atoms with Gasteiger partial charge in [-0.15, -0.1) is 0 Å². The molecule has 1 aromatic carbocycles. The lowest BCUT2D eigenvalue weighted by Crippen LogP contribution is -2.30. The molecule has 3 heteroatoms. The molecule has 0 saturated carbocycles. The Morgan fingerprint density at radius 1 is 1.24 bits per heavy atom. The maximum absolute atomic E-state index is 3.51. The molecule has 0 aliphatic carbocycles. The predicted octanol–water partition coefficient (Wildman–Crippen LogP) is 3.41. The normalized spacial score (nSPS) is 18.8. The van der Waals surface area contributed by atoms with Crippen LogP contribution in [-0.2, 0) is 13.0 Å². The Labute approximate surface area is 134 Å². The predicted molar refractivity (Wildman–Crippen MR) is 95.1 cm³/mol. The van der Waals surface area contributed by atoms with Gasteiger partial charge >= 0.3 is 0 Å². The summed E-state index contributed by atoms with van der Waals surface area (Å²) in [4.78, 5) is 2.51. The van der Waals surface area contributed by atoms with E-state index < -0.39 is 0 Å². The Balaban J connectivity index is 1.73. The van der Waals surface area contributed by atoms with E-state index in [0.29, 0.717) is 0 Å². The largest absolute Gasteiger partial charge is 0.316 e. The molecule has 0 radical (unpaired) electrons. The second kappa shape index (κ2) is 8.82. The summed E-state index contributed by atoms with van der Waals surface area (Å²) in [7, 11) is 2.26. The number of benzene rings is 1. The van der Waals surface area contributed by atoms with Crippen LogP contribution in [0.4, 0.5) is 0 Å². The number of rotatable bonds is 8. The molecule has 2 rings (SSSR count). The van der Waals surface area contributed by atoms with Gasteiger partial charge in [0.25, 0.3) is 0 Å².